The summed E-state index contributed by atoms with van der Waals surface area (Å²) in [7, 11) is 0. The van der Waals surface area contributed by atoms with Crippen LogP contribution in [-0.2, 0) is 11.2 Å². The lowest BCUT2D eigenvalue weighted by molar-refractivity contribution is -0.123. The second kappa shape index (κ2) is 8.71. The Labute approximate surface area is 180 Å². The molecule has 1 aliphatic carbocycles. The lowest BCUT2D eigenvalue weighted by Gasteiger charge is -2.12. The molecular weight excluding hydrogens is 390 g/mol. The van der Waals surface area contributed by atoms with Gasteiger partial charge in [-0.3, -0.25) is 9.89 Å². The molecule has 158 valence electrons. The molecule has 2 aliphatic rings. The number of aromatic nitrogens is 2. The van der Waals surface area contributed by atoms with Gasteiger partial charge in [0.15, 0.2) is 6.61 Å². The molecule has 1 aliphatic heterocycles. The van der Waals surface area contributed by atoms with Gasteiger partial charge in [0, 0.05) is 24.3 Å². The van der Waals surface area contributed by atoms with Crippen LogP contribution in [0.2, 0.25) is 0 Å². The van der Waals surface area contributed by atoms with Crippen molar-refractivity contribution in [3.05, 3.63) is 59.8 Å². The minimum absolute atomic E-state index is 0.0467. The summed E-state index contributed by atoms with van der Waals surface area (Å²) in [6.45, 7) is 0.0467. The summed E-state index contributed by atoms with van der Waals surface area (Å²) < 4.78 is 5.64. The first-order valence-electron chi connectivity index (χ1n) is 10.8. The van der Waals surface area contributed by atoms with E-state index in [0.29, 0.717) is 11.8 Å². The Hall–Kier alpha value is -3.48. The Bertz CT molecular complexity index is 1140. The van der Waals surface area contributed by atoms with Crippen LogP contribution >= 0.6 is 0 Å². The highest BCUT2D eigenvalue weighted by molar-refractivity contribution is 6.15. The molecular formula is C24H25N5O2. The van der Waals surface area contributed by atoms with Gasteiger partial charge in [-0.1, -0.05) is 18.9 Å². The number of nitrogens with zero attached hydrogens (tertiary/aromatic N) is 3. The van der Waals surface area contributed by atoms with Crippen LogP contribution in [-0.4, -0.2) is 40.2 Å². The SMILES string of the molecule is O=C(COc1ccc(C2=NN=C(Cc3ccc4[nH]ncc4c3)C2)cc1)NC1CCCC1. The zero-order chi connectivity index (χ0) is 21.0. The highest BCUT2D eigenvalue weighted by atomic mass is 16.5. The number of hydrogen-bond donors (Lipinski definition) is 2. The number of nitrogens with one attached hydrogen (secondary N) is 2. The first-order chi connectivity index (χ1) is 15.2. The average molecular weight is 415 g/mol. The molecule has 1 aromatic heterocycles. The molecule has 1 amide bonds. The number of rotatable bonds is 7. The predicted molar refractivity (Wildman–Crippen MR) is 121 cm³/mol. The van der Waals surface area contributed by atoms with Gasteiger partial charge in [0.1, 0.15) is 5.75 Å². The maximum absolute atomic E-state index is 12.0. The number of carbonyl (C=O) groups excluding carboxylic acids is 1. The summed E-state index contributed by atoms with van der Waals surface area (Å²) in [5.41, 5.74) is 5.24. The van der Waals surface area contributed by atoms with Crippen molar-refractivity contribution in [2.75, 3.05) is 6.61 Å². The van der Waals surface area contributed by atoms with Crippen LogP contribution < -0.4 is 10.1 Å². The largest absolute Gasteiger partial charge is 0.484 e. The summed E-state index contributed by atoms with van der Waals surface area (Å²) in [6.07, 6.45) is 7.87. The summed E-state index contributed by atoms with van der Waals surface area (Å²) >= 11 is 0. The van der Waals surface area contributed by atoms with Crippen LogP contribution in [0.25, 0.3) is 10.9 Å². The smallest absolute Gasteiger partial charge is 0.258 e. The highest BCUT2D eigenvalue weighted by Crippen LogP contribution is 2.20. The second-order valence-electron chi connectivity index (χ2n) is 8.22. The minimum Gasteiger partial charge on any atom is -0.484 e. The molecule has 1 fully saturated rings. The zero-order valence-electron chi connectivity index (χ0n) is 17.3. The molecule has 5 rings (SSSR count). The Morgan fingerprint density at radius 1 is 1.10 bits per heavy atom. The van der Waals surface area contributed by atoms with Gasteiger partial charge in [0.05, 0.1) is 23.1 Å². The molecule has 0 unspecified atom stereocenters. The van der Waals surface area contributed by atoms with Crippen molar-refractivity contribution in [2.45, 2.75) is 44.6 Å². The highest BCUT2D eigenvalue weighted by Gasteiger charge is 2.18. The van der Waals surface area contributed by atoms with Gasteiger partial charge in [-0.2, -0.15) is 15.3 Å². The summed E-state index contributed by atoms with van der Waals surface area (Å²) in [5.74, 6) is 0.626. The lowest BCUT2D eigenvalue weighted by atomic mass is 10.0. The molecule has 7 heteroatoms. The van der Waals surface area contributed by atoms with E-state index in [1.54, 1.807) is 0 Å². The first-order valence-corrected chi connectivity index (χ1v) is 10.8. The van der Waals surface area contributed by atoms with Crippen LogP contribution in [0, 0.1) is 0 Å². The van der Waals surface area contributed by atoms with Crippen molar-refractivity contribution in [1.29, 1.82) is 0 Å². The van der Waals surface area contributed by atoms with Crippen molar-refractivity contribution in [3.8, 4) is 5.75 Å². The van der Waals surface area contributed by atoms with E-state index in [2.05, 4.69) is 37.8 Å². The van der Waals surface area contributed by atoms with Crippen LogP contribution in [0.15, 0.2) is 58.9 Å². The number of benzene rings is 2. The third-order valence-corrected chi connectivity index (χ3v) is 5.87. The standard InChI is InChI=1S/C24H25N5O2/c30-24(26-19-3-1-2-4-19)15-31-21-8-6-17(7-9-21)23-13-20(27-29-23)12-16-5-10-22-18(11-16)14-25-28-22/h5-11,14,19H,1-4,12-13,15H2,(H,25,28)(H,26,30). The normalized spacial score (nSPS) is 16.4. The minimum atomic E-state index is -0.0530. The second-order valence-corrected chi connectivity index (χ2v) is 8.22. The van der Waals surface area contributed by atoms with Crippen molar-refractivity contribution < 1.29 is 9.53 Å². The van der Waals surface area contributed by atoms with Crippen molar-refractivity contribution in [2.24, 2.45) is 10.2 Å². The fourth-order valence-corrected chi connectivity index (χ4v) is 4.22. The summed E-state index contributed by atoms with van der Waals surface area (Å²) in [5, 5.41) is 19.9. The molecule has 2 heterocycles. The van der Waals surface area contributed by atoms with E-state index in [1.165, 1.54) is 18.4 Å². The lowest BCUT2D eigenvalue weighted by Crippen LogP contribution is -2.36. The number of fused-ring (bicyclic) bond motifs is 1. The van der Waals surface area contributed by atoms with Crippen LogP contribution in [0.3, 0.4) is 0 Å². The monoisotopic (exact) mass is 415 g/mol. The number of amides is 1. The molecule has 1 saturated carbocycles. The quantitative estimate of drug-likeness (QED) is 0.615. The van der Waals surface area contributed by atoms with E-state index in [9.17, 15) is 4.79 Å². The van der Waals surface area contributed by atoms with Crippen molar-refractivity contribution in [1.82, 2.24) is 15.5 Å². The zero-order valence-corrected chi connectivity index (χ0v) is 17.3. The molecule has 0 spiro atoms. The maximum Gasteiger partial charge on any atom is 0.258 e. The van der Waals surface area contributed by atoms with E-state index in [1.807, 2.05) is 36.5 Å². The van der Waals surface area contributed by atoms with Gasteiger partial charge in [-0.25, -0.2) is 0 Å². The molecule has 0 radical (unpaired) electrons. The van der Waals surface area contributed by atoms with E-state index in [4.69, 9.17) is 4.74 Å². The topological polar surface area (TPSA) is 91.7 Å². The summed E-state index contributed by atoms with van der Waals surface area (Å²) in [6, 6.07) is 14.3. The molecule has 3 aromatic rings. The Morgan fingerprint density at radius 2 is 1.94 bits per heavy atom. The Kier molecular flexibility index (Phi) is 5.48. The predicted octanol–water partition coefficient (Wildman–Crippen LogP) is 3.79. The number of hydrogen-bond acceptors (Lipinski definition) is 5. The van der Waals surface area contributed by atoms with E-state index >= 15 is 0 Å². The third-order valence-electron chi connectivity index (χ3n) is 5.87. The molecule has 7 nitrogen and oxygen atoms in total. The van der Waals surface area contributed by atoms with Gasteiger partial charge in [-0.05, 0) is 60.4 Å². The maximum atomic E-state index is 12.0. The Balaban J connectivity index is 1.12. The van der Waals surface area contributed by atoms with E-state index < -0.39 is 0 Å². The fraction of sp³-hybridized carbons (Fsp3) is 0.333. The van der Waals surface area contributed by atoms with E-state index in [0.717, 1.165) is 53.6 Å². The molecule has 0 saturated heterocycles. The molecule has 0 atom stereocenters. The van der Waals surface area contributed by atoms with Crippen molar-refractivity contribution in [3.63, 3.8) is 0 Å². The number of aromatic amines is 1. The third kappa shape index (κ3) is 4.66. The van der Waals surface area contributed by atoms with Crippen molar-refractivity contribution >= 4 is 28.2 Å². The fourth-order valence-electron chi connectivity index (χ4n) is 4.22. The average Bonchev–Trinajstić information content (AvgIpc) is 3.55. The number of H-pyrrole nitrogens is 1. The first kappa shape index (κ1) is 19.5. The Morgan fingerprint density at radius 3 is 2.77 bits per heavy atom. The van der Waals surface area contributed by atoms with Crippen LogP contribution in [0.1, 0.15) is 43.2 Å². The van der Waals surface area contributed by atoms with Crippen LogP contribution in [0.4, 0.5) is 0 Å². The van der Waals surface area contributed by atoms with Gasteiger partial charge in [-0.15, -0.1) is 0 Å². The number of ether oxygens (including phenoxy) is 1. The van der Waals surface area contributed by atoms with Gasteiger partial charge in [0.2, 0.25) is 0 Å². The van der Waals surface area contributed by atoms with Gasteiger partial charge >= 0.3 is 0 Å². The van der Waals surface area contributed by atoms with E-state index in [-0.39, 0.29) is 12.5 Å². The molecule has 0 bridgehead atoms. The molecule has 31 heavy (non-hydrogen) atoms. The summed E-state index contributed by atoms with van der Waals surface area (Å²) in [4.78, 5) is 12.0. The van der Waals surface area contributed by atoms with Gasteiger partial charge < -0.3 is 10.1 Å². The van der Waals surface area contributed by atoms with Crippen LogP contribution in [0.5, 0.6) is 5.75 Å². The molecule has 2 aromatic carbocycles. The number of carbonyl (C=O) groups is 1. The van der Waals surface area contributed by atoms with Gasteiger partial charge in [0.25, 0.3) is 5.91 Å². The molecule has 2 N–H and O–H groups in total.